The van der Waals surface area contributed by atoms with Crippen LogP contribution in [0.2, 0.25) is 0 Å². The molecule has 1 saturated heterocycles. The third-order valence-corrected chi connectivity index (χ3v) is 5.52. The molecule has 0 N–H and O–H groups in total. The Hall–Kier alpha value is -2.79. The lowest BCUT2D eigenvalue weighted by atomic mass is 9.99. The highest BCUT2D eigenvalue weighted by Crippen LogP contribution is 2.30. The number of nitrogens with zero attached hydrogens (tertiary/aromatic N) is 1. The minimum Gasteiger partial charge on any atom is -0.489 e. The number of amides is 1. The van der Waals surface area contributed by atoms with E-state index in [1.807, 2.05) is 67.4 Å². The van der Waals surface area contributed by atoms with E-state index in [1.54, 1.807) is 0 Å². The second kappa shape index (κ2) is 8.70. The molecule has 0 radical (unpaired) electrons. The van der Waals surface area contributed by atoms with E-state index in [-0.39, 0.29) is 5.91 Å². The number of hydrogen-bond acceptors (Lipinski definition) is 4. The summed E-state index contributed by atoms with van der Waals surface area (Å²) in [6.45, 7) is 4.62. The molecule has 0 spiro atoms. The van der Waals surface area contributed by atoms with Gasteiger partial charge in [0.25, 0.3) is 5.91 Å². The zero-order valence-electron chi connectivity index (χ0n) is 17.0. The van der Waals surface area contributed by atoms with E-state index in [2.05, 4.69) is 0 Å². The molecule has 29 heavy (non-hydrogen) atoms. The Morgan fingerprint density at radius 3 is 2.66 bits per heavy atom. The SMILES string of the molecule is Cc1oc2ccc(OCc3ccccc3)cc2c1C(=O)N(C)CC1CCOCC1. The zero-order valence-corrected chi connectivity index (χ0v) is 17.0. The van der Waals surface area contributed by atoms with Crippen LogP contribution in [0.3, 0.4) is 0 Å². The van der Waals surface area contributed by atoms with Crippen LogP contribution in [-0.4, -0.2) is 37.6 Å². The highest BCUT2D eigenvalue weighted by Gasteiger charge is 2.24. The molecule has 2 heterocycles. The Labute approximate surface area is 171 Å². The second-order valence-electron chi connectivity index (χ2n) is 7.71. The van der Waals surface area contributed by atoms with E-state index in [0.29, 0.717) is 29.4 Å². The largest absolute Gasteiger partial charge is 0.489 e. The smallest absolute Gasteiger partial charge is 0.257 e. The molecule has 0 bridgehead atoms. The number of furan rings is 1. The molecule has 0 saturated carbocycles. The second-order valence-corrected chi connectivity index (χ2v) is 7.71. The van der Waals surface area contributed by atoms with E-state index < -0.39 is 0 Å². The number of carbonyl (C=O) groups is 1. The van der Waals surface area contributed by atoms with Gasteiger partial charge in [-0.15, -0.1) is 0 Å². The quantitative estimate of drug-likeness (QED) is 0.603. The molecule has 1 aliphatic rings. The molecule has 2 aromatic carbocycles. The van der Waals surface area contributed by atoms with E-state index in [4.69, 9.17) is 13.9 Å². The fourth-order valence-corrected chi connectivity index (χ4v) is 3.89. The van der Waals surface area contributed by atoms with Gasteiger partial charge in [-0.3, -0.25) is 4.79 Å². The maximum Gasteiger partial charge on any atom is 0.257 e. The molecule has 1 amide bonds. The van der Waals surface area contributed by atoms with Crippen molar-refractivity contribution in [3.63, 3.8) is 0 Å². The molecular weight excluding hydrogens is 366 g/mol. The lowest BCUT2D eigenvalue weighted by molar-refractivity contribution is 0.0497. The van der Waals surface area contributed by atoms with Crippen LogP contribution < -0.4 is 4.74 Å². The van der Waals surface area contributed by atoms with Crippen molar-refractivity contribution in [3.05, 3.63) is 65.4 Å². The Morgan fingerprint density at radius 1 is 1.14 bits per heavy atom. The van der Waals surface area contributed by atoms with Crippen molar-refractivity contribution in [2.24, 2.45) is 5.92 Å². The first-order chi connectivity index (χ1) is 14.1. The highest BCUT2D eigenvalue weighted by molar-refractivity contribution is 6.07. The summed E-state index contributed by atoms with van der Waals surface area (Å²) < 4.78 is 17.2. The number of hydrogen-bond donors (Lipinski definition) is 0. The standard InChI is InChI=1S/C24H27NO4/c1-17-23(24(26)25(2)15-18-10-12-27-13-11-18)21-14-20(8-9-22(21)29-17)28-16-19-6-4-3-5-7-19/h3-9,14,18H,10-13,15-16H2,1-2H3. The van der Waals surface area contributed by atoms with Crippen molar-refractivity contribution in [1.29, 1.82) is 0 Å². The van der Waals surface area contributed by atoms with E-state index in [1.165, 1.54) is 0 Å². The average molecular weight is 393 g/mol. The van der Waals surface area contributed by atoms with Gasteiger partial charge in [-0.2, -0.15) is 0 Å². The number of ether oxygens (including phenoxy) is 2. The van der Waals surface area contributed by atoms with Crippen LogP contribution in [0.1, 0.15) is 34.5 Å². The maximum atomic E-state index is 13.2. The van der Waals surface area contributed by atoms with Gasteiger partial charge in [-0.1, -0.05) is 30.3 Å². The molecule has 1 aliphatic heterocycles. The van der Waals surface area contributed by atoms with Gasteiger partial charge in [-0.25, -0.2) is 0 Å². The van der Waals surface area contributed by atoms with Crippen molar-refractivity contribution in [1.82, 2.24) is 4.90 Å². The van der Waals surface area contributed by atoms with Gasteiger partial charge in [0, 0.05) is 32.2 Å². The van der Waals surface area contributed by atoms with Crippen LogP contribution in [0.25, 0.3) is 11.0 Å². The molecule has 5 heteroatoms. The van der Waals surface area contributed by atoms with E-state index in [0.717, 1.165) is 49.3 Å². The summed E-state index contributed by atoms with van der Waals surface area (Å²) in [6, 6.07) is 15.7. The molecule has 3 aromatic rings. The van der Waals surface area contributed by atoms with Gasteiger partial charge in [0.1, 0.15) is 23.7 Å². The number of aryl methyl sites for hydroxylation is 1. The Bertz CT molecular complexity index is 973. The van der Waals surface area contributed by atoms with Crippen molar-refractivity contribution in [2.75, 3.05) is 26.8 Å². The summed E-state index contributed by atoms with van der Waals surface area (Å²) in [4.78, 5) is 15.0. The van der Waals surface area contributed by atoms with Crippen LogP contribution in [0.4, 0.5) is 0 Å². The average Bonchev–Trinajstić information content (AvgIpc) is 3.08. The normalized spacial score (nSPS) is 14.8. The van der Waals surface area contributed by atoms with Gasteiger partial charge in [0.15, 0.2) is 0 Å². The third-order valence-electron chi connectivity index (χ3n) is 5.52. The molecule has 152 valence electrons. The summed E-state index contributed by atoms with van der Waals surface area (Å²) in [5, 5.41) is 0.803. The molecule has 5 nitrogen and oxygen atoms in total. The number of benzene rings is 2. The molecule has 1 fully saturated rings. The molecule has 0 atom stereocenters. The van der Waals surface area contributed by atoms with E-state index >= 15 is 0 Å². The van der Waals surface area contributed by atoms with Crippen molar-refractivity contribution < 1.29 is 18.7 Å². The zero-order chi connectivity index (χ0) is 20.2. The third kappa shape index (κ3) is 4.46. The summed E-state index contributed by atoms with van der Waals surface area (Å²) in [5.41, 5.74) is 2.43. The minimum atomic E-state index is -0.00653. The first-order valence-electron chi connectivity index (χ1n) is 10.1. The number of rotatable bonds is 6. The van der Waals surface area contributed by atoms with Gasteiger partial charge < -0.3 is 18.8 Å². The van der Waals surface area contributed by atoms with Crippen LogP contribution in [0.5, 0.6) is 5.75 Å². The van der Waals surface area contributed by atoms with Gasteiger partial charge in [0.05, 0.1) is 5.56 Å². The van der Waals surface area contributed by atoms with Crippen LogP contribution >= 0.6 is 0 Å². The van der Waals surface area contributed by atoms with Gasteiger partial charge in [0.2, 0.25) is 0 Å². The molecular formula is C24H27NO4. The lowest BCUT2D eigenvalue weighted by Gasteiger charge is -2.27. The van der Waals surface area contributed by atoms with Crippen LogP contribution in [0, 0.1) is 12.8 Å². The fourth-order valence-electron chi connectivity index (χ4n) is 3.89. The molecule has 0 aliphatic carbocycles. The predicted octanol–water partition coefficient (Wildman–Crippen LogP) is 4.82. The fraction of sp³-hybridized carbons (Fsp3) is 0.375. The highest BCUT2D eigenvalue weighted by atomic mass is 16.5. The molecule has 0 unspecified atom stereocenters. The summed E-state index contributed by atoms with van der Waals surface area (Å²) in [7, 11) is 1.87. The monoisotopic (exact) mass is 393 g/mol. The summed E-state index contributed by atoms with van der Waals surface area (Å²) in [6.07, 6.45) is 2.00. The summed E-state index contributed by atoms with van der Waals surface area (Å²) in [5.74, 6) is 1.85. The predicted molar refractivity (Wildman–Crippen MR) is 112 cm³/mol. The van der Waals surface area contributed by atoms with Crippen molar-refractivity contribution in [2.45, 2.75) is 26.4 Å². The van der Waals surface area contributed by atoms with Crippen LogP contribution in [-0.2, 0) is 11.3 Å². The minimum absolute atomic E-state index is 0.00653. The first kappa shape index (κ1) is 19.5. The van der Waals surface area contributed by atoms with Crippen molar-refractivity contribution in [3.8, 4) is 5.75 Å². The first-order valence-corrected chi connectivity index (χ1v) is 10.1. The number of fused-ring (bicyclic) bond motifs is 1. The number of carbonyl (C=O) groups excluding carboxylic acids is 1. The van der Waals surface area contributed by atoms with Gasteiger partial charge >= 0.3 is 0 Å². The van der Waals surface area contributed by atoms with Gasteiger partial charge in [-0.05, 0) is 49.4 Å². The summed E-state index contributed by atoms with van der Waals surface area (Å²) >= 11 is 0. The lowest BCUT2D eigenvalue weighted by Crippen LogP contribution is -2.34. The Kier molecular flexibility index (Phi) is 5.86. The topological polar surface area (TPSA) is 51.9 Å². The molecule has 4 rings (SSSR count). The Morgan fingerprint density at radius 2 is 1.90 bits per heavy atom. The van der Waals surface area contributed by atoms with Crippen molar-refractivity contribution >= 4 is 16.9 Å². The Balaban J connectivity index is 1.53. The van der Waals surface area contributed by atoms with E-state index in [9.17, 15) is 4.79 Å². The van der Waals surface area contributed by atoms with Crippen LogP contribution in [0.15, 0.2) is 52.9 Å². The molecule has 1 aromatic heterocycles. The maximum absolute atomic E-state index is 13.2.